The van der Waals surface area contributed by atoms with E-state index in [1.54, 1.807) is 7.11 Å². The van der Waals surface area contributed by atoms with Crippen molar-refractivity contribution < 1.29 is 13.5 Å². The molecular formula is C14H18F2IN3O. The summed E-state index contributed by atoms with van der Waals surface area (Å²) in [4.78, 5) is 6.66. The second-order valence-corrected chi connectivity index (χ2v) is 7.85. The quantitative estimate of drug-likeness (QED) is 0.720. The third-order valence-electron chi connectivity index (χ3n) is 5.48. The van der Waals surface area contributed by atoms with Crippen molar-refractivity contribution in [3.63, 3.8) is 0 Å². The fraction of sp³-hybridized carbons (Fsp3) is 0.786. The summed E-state index contributed by atoms with van der Waals surface area (Å²) in [5.41, 5.74) is 0.277. The van der Waals surface area contributed by atoms with Gasteiger partial charge in [-0.25, -0.2) is 8.78 Å². The molecule has 0 atom stereocenters. The average molecular weight is 409 g/mol. The molecular weight excluding hydrogens is 391 g/mol. The molecule has 4 nitrogen and oxygen atoms in total. The van der Waals surface area contributed by atoms with E-state index in [1.807, 2.05) is 6.20 Å². The van der Waals surface area contributed by atoms with E-state index in [0.717, 1.165) is 23.0 Å². The molecule has 0 radical (unpaired) electrons. The third-order valence-corrected chi connectivity index (χ3v) is 6.00. The highest BCUT2D eigenvalue weighted by molar-refractivity contribution is 14.1. The van der Waals surface area contributed by atoms with Crippen LogP contribution in [0.2, 0.25) is 0 Å². The van der Waals surface area contributed by atoms with Crippen LogP contribution in [0.15, 0.2) is 6.20 Å². The van der Waals surface area contributed by atoms with Crippen molar-refractivity contribution in [2.24, 2.45) is 0 Å². The highest BCUT2D eigenvalue weighted by Crippen LogP contribution is 2.69. The molecule has 4 fully saturated rings. The number of halogens is 3. The molecule has 21 heavy (non-hydrogen) atoms. The van der Waals surface area contributed by atoms with Crippen LogP contribution < -0.4 is 4.74 Å². The van der Waals surface area contributed by atoms with Gasteiger partial charge in [0, 0.05) is 37.7 Å². The molecule has 0 aromatic carbocycles. The van der Waals surface area contributed by atoms with Gasteiger partial charge in [0.25, 0.3) is 11.9 Å². The average Bonchev–Trinajstić information content (AvgIpc) is 2.69. The molecule has 1 aliphatic heterocycles. The van der Waals surface area contributed by atoms with Crippen LogP contribution in [0.5, 0.6) is 6.01 Å². The van der Waals surface area contributed by atoms with Crippen molar-refractivity contribution in [1.29, 1.82) is 0 Å². The van der Waals surface area contributed by atoms with Crippen molar-refractivity contribution >= 4 is 22.6 Å². The zero-order valence-electron chi connectivity index (χ0n) is 11.9. The molecule has 1 saturated heterocycles. The summed E-state index contributed by atoms with van der Waals surface area (Å²) in [5, 5.41) is 0. The highest BCUT2D eigenvalue weighted by Gasteiger charge is 2.72. The molecule has 2 bridgehead atoms. The largest absolute Gasteiger partial charge is 0.468 e. The minimum Gasteiger partial charge on any atom is -0.468 e. The van der Waals surface area contributed by atoms with Crippen molar-refractivity contribution in [1.82, 2.24) is 14.5 Å². The van der Waals surface area contributed by atoms with Crippen LogP contribution in [-0.4, -0.2) is 46.1 Å². The van der Waals surface area contributed by atoms with Crippen LogP contribution in [0.25, 0.3) is 0 Å². The summed E-state index contributed by atoms with van der Waals surface area (Å²) in [6.07, 6.45) is 5.16. The molecule has 0 amide bonds. The van der Waals surface area contributed by atoms with Gasteiger partial charge in [0.05, 0.1) is 12.6 Å². The maximum absolute atomic E-state index is 13.3. The molecule has 5 rings (SSSR count). The number of nitrogens with zero attached hydrogens (tertiary/aromatic N) is 3. The van der Waals surface area contributed by atoms with Gasteiger partial charge in [-0.15, -0.1) is 0 Å². The lowest BCUT2D eigenvalue weighted by atomic mass is 9.43. The number of imidazole rings is 1. The maximum atomic E-state index is 13.3. The fourth-order valence-electron chi connectivity index (χ4n) is 4.40. The van der Waals surface area contributed by atoms with E-state index in [0.29, 0.717) is 19.1 Å². The summed E-state index contributed by atoms with van der Waals surface area (Å²) in [5.74, 6) is -2.46. The lowest BCUT2D eigenvalue weighted by Gasteiger charge is -2.74. The highest BCUT2D eigenvalue weighted by atomic mass is 127. The number of hydrogen-bond acceptors (Lipinski definition) is 3. The van der Waals surface area contributed by atoms with E-state index in [1.165, 1.54) is 0 Å². The summed E-state index contributed by atoms with van der Waals surface area (Å²) in [6, 6.07) is 0.665. The van der Waals surface area contributed by atoms with Crippen LogP contribution in [0.3, 0.4) is 0 Å². The number of alkyl halides is 2. The molecule has 116 valence electrons. The molecule has 0 N–H and O–H groups in total. The lowest BCUT2D eigenvalue weighted by molar-refractivity contribution is -0.224. The van der Waals surface area contributed by atoms with E-state index < -0.39 is 5.92 Å². The van der Waals surface area contributed by atoms with Gasteiger partial charge >= 0.3 is 0 Å². The third kappa shape index (κ3) is 1.95. The van der Waals surface area contributed by atoms with Crippen LogP contribution in [0, 0.1) is 3.70 Å². The number of hydrogen-bond donors (Lipinski definition) is 0. The molecule has 0 unspecified atom stereocenters. The van der Waals surface area contributed by atoms with Crippen molar-refractivity contribution in [3.8, 4) is 6.01 Å². The van der Waals surface area contributed by atoms with E-state index >= 15 is 0 Å². The van der Waals surface area contributed by atoms with Crippen molar-refractivity contribution in [2.75, 3.05) is 20.2 Å². The first-order chi connectivity index (χ1) is 9.88. The van der Waals surface area contributed by atoms with Crippen molar-refractivity contribution in [2.45, 2.75) is 49.1 Å². The molecule has 3 saturated carbocycles. The topological polar surface area (TPSA) is 30.3 Å². The van der Waals surface area contributed by atoms with E-state index in [2.05, 4.69) is 37.0 Å². The Balaban J connectivity index is 1.46. The van der Waals surface area contributed by atoms with Gasteiger partial charge in [0.15, 0.2) is 0 Å². The van der Waals surface area contributed by atoms with Gasteiger partial charge in [-0.3, -0.25) is 9.47 Å². The molecule has 1 aromatic rings. The van der Waals surface area contributed by atoms with Gasteiger partial charge in [-0.2, -0.15) is 4.98 Å². The second kappa shape index (κ2) is 4.31. The summed E-state index contributed by atoms with van der Waals surface area (Å²) in [7, 11) is 1.64. The van der Waals surface area contributed by atoms with Gasteiger partial charge < -0.3 is 4.74 Å². The first-order valence-corrected chi connectivity index (χ1v) is 8.38. The van der Waals surface area contributed by atoms with Gasteiger partial charge in [0.1, 0.15) is 3.70 Å². The minimum absolute atomic E-state index is 0.00798. The smallest absolute Gasteiger partial charge is 0.297 e. The van der Waals surface area contributed by atoms with Gasteiger partial charge in [-0.1, -0.05) is 0 Å². The van der Waals surface area contributed by atoms with Crippen LogP contribution >= 0.6 is 22.6 Å². The Morgan fingerprint density at radius 1 is 1.19 bits per heavy atom. The number of piperidine rings is 1. The Kier molecular flexibility index (Phi) is 2.91. The molecule has 2 heterocycles. The number of likely N-dealkylation sites (tertiary alicyclic amines) is 1. The zero-order chi connectivity index (χ0) is 14.9. The lowest BCUT2D eigenvalue weighted by Crippen LogP contribution is -2.79. The standard InChI is InChI=1S/C14H18F2IN3O/c1-21-11-18-10(17)6-20(11)13-7-12(8-13,9-13)19-4-2-14(15,16)3-5-19/h6H,2-5,7-9H2,1H3. The first kappa shape index (κ1) is 14.2. The number of rotatable bonds is 3. The van der Waals surface area contributed by atoms with Crippen LogP contribution in [0.1, 0.15) is 32.1 Å². The Bertz CT molecular complexity index is 559. The SMILES string of the molecule is COc1nc(I)cn1C12CC(N3CCC(F)(F)CC3)(C1)C2. The summed E-state index contributed by atoms with van der Waals surface area (Å²) < 4.78 is 35.0. The number of ether oxygens (including phenoxy) is 1. The Hall–Kier alpha value is -0.440. The molecule has 1 aromatic heterocycles. The van der Waals surface area contributed by atoms with E-state index in [-0.39, 0.29) is 23.9 Å². The normalized spacial score (nSPS) is 37.7. The molecule has 7 heteroatoms. The fourth-order valence-corrected chi connectivity index (χ4v) is 4.89. The van der Waals surface area contributed by atoms with E-state index in [4.69, 9.17) is 4.74 Å². The molecule has 0 spiro atoms. The summed E-state index contributed by atoms with van der Waals surface area (Å²) in [6.45, 7) is 1.06. The Morgan fingerprint density at radius 2 is 1.81 bits per heavy atom. The van der Waals surface area contributed by atoms with Crippen LogP contribution in [-0.2, 0) is 5.54 Å². The van der Waals surface area contributed by atoms with Gasteiger partial charge in [0.2, 0.25) is 0 Å². The van der Waals surface area contributed by atoms with Crippen molar-refractivity contribution in [3.05, 3.63) is 9.90 Å². The Morgan fingerprint density at radius 3 is 2.38 bits per heavy atom. The summed E-state index contributed by atoms with van der Waals surface area (Å²) >= 11 is 2.19. The first-order valence-electron chi connectivity index (χ1n) is 7.31. The predicted molar refractivity (Wildman–Crippen MR) is 81.8 cm³/mol. The predicted octanol–water partition coefficient (Wildman–Crippen LogP) is 2.86. The maximum Gasteiger partial charge on any atom is 0.297 e. The molecule has 3 aliphatic carbocycles. The Labute approximate surface area is 136 Å². The number of methoxy groups -OCH3 is 1. The van der Waals surface area contributed by atoms with Gasteiger partial charge in [-0.05, 0) is 41.9 Å². The van der Waals surface area contributed by atoms with E-state index in [9.17, 15) is 8.78 Å². The zero-order valence-corrected chi connectivity index (χ0v) is 14.1. The van der Waals surface area contributed by atoms with Crippen LogP contribution in [0.4, 0.5) is 8.78 Å². The second-order valence-electron chi connectivity index (χ2n) is 6.74. The molecule has 4 aliphatic rings. The number of aromatic nitrogens is 2. The monoisotopic (exact) mass is 409 g/mol. The minimum atomic E-state index is -2.46.